The minimum Gasteiger partial charge on any atom is -0.392 e. The normalized spacial score (nSPS) is 17.7. The van der Waals surface area contributed by atoms with Crippen molar-refractivity contribution in [1.82, 2.24) is 9.97 Å². The number of nitrogens with one attached hydrogen (secondary N) is 2. The standard InChI is InChI=1S/C17H22N4O2/c22-11-14-5-2-1-4-13(14)10-19-17-18-8-7-16(21-17)20-15-6-3-9-23-12-15/h1-2,4-5,7-8,15,22H,3,6,9-12H2,(H2,18,19,20,21)/t15-/m1/s1. The van der Waals surface area contributed by atoms with E-state index in [9.17, 15) is 5.11 Å². The zero-order valence-corrected chi connectivity index (χ0v) is 13.0. The molecule has 6 heteroatoms. The highest BCUT2D eigenvalue weighted by Crippen LogP contribution is 2.14. The van der Waals surface area contributed by atoms with Gasteiger partial charge in [-0.05, 0) is 30.0 Å². The zero-order chi connectivity index (χ0) is 15.9. The fourth-order valence-corrected chi connectivity index (χ4v) is 2.65. The van der Waals surface area contributed by atoms with Crippen LogP contribution in [0.25, 0.3) is 0 Å². The maximum absolute atomic E-state index is 9.36. The van der Waals surface area contributed by atoms with Crippen molar-refractivity contribution < 1.29 is 9.84 Å². The first-order chi connectivity index (χ1) is 11.3. The molecule has 2 aromatic rings. The molecule has 1 aromatic heterocycles. The molecule has 6 nitrogen and oxygen atoms in total. The molecule has 0 saturated carbocycles. The summed E-state index contributed by atoms with van der Waals surface area (Å²) in [6.45, 7) is 2.17. The molecule has 0 amide bonds. The highest BCUT2D eigenvalue weighted by molar-refractivity contribution is 5.41. The molecule has 0 aliphatic carbocycles. The molecule has 1 aromatic carbocycles. The number of hydrogen-bond acceptors (Lipinski definition) is 6. The molecular weight excluding hydrogens is 292 g/mol. The Morgan fingerprint density at radius 3 is 2.87 bits per heavy atom. The third kappa shape index (κ3) is 4.40. The fourth-order valence-electron chi connectivity index (χ4n) is 2.65. The number of aromatic nitrogens is 2. The minimum absolute atomic E-state index is 0.0297. The van der Waals surface area contributed by atoms with Crippen molar-refractivity contribution in [3.05, 3.63) is 47.7 Å². The summed E-state index contributed by atoms with van der Waals surface area (Å²) in [6.07, 6.45) is 3.90. The predicted octanol–water partition coefficient (Wildman–Crippen LogP) is 2.17. The van der Waals surface area contributed by atoms with Crippen LogP contribution in [-0.4, -0.2) is 34.3 Å². The van der Waals surface area contributed by atoms with E-state index in [0.717, 1.165) is 43.0 Å². The number of rotatable bonds is 6. The fraction of sp³-hybridized carbons (Fsp3) is 0.412. The molecule has 23 heavy (non-hydrogen) atoms. The lowest BCUT2D eigenvalue weighted by atomic mass is 10.1. The van der Waals surface area contributed by atoms with Crippen LogP contribution < -0.4 is 10.6 Å². The Labute approximate surface area is 135 Å². The molecule has 0 unspecified atom stereocenters. The average molecular weight is 314 g/mol. The topological polar surface area (TPSA) is 79.3 Å². The summed E-state index contributed by atoms with van der Waals surface area (Å²) in [5.41, 5.74) is 1.95. The van der Waals surface area contributed by atoms with Crippen LogP contribution in [0.5, 0.6) is 0 Å². The predicted molar refractivity (Wildman–Crippen MR) is 89.2 cm³/mol. The largest absolute Gasteiger partial charge is 0.392 e. The Balaban J connectivity index is 1.61. The highest BCUT2D eigenvalue weighted by Gasteiger charge is 2.14. The molecule has 1 aliphatic heterocycles. The number of aliphatic hydroxyl groups excluding tert-OH is 1. The Hall–Kier alpha value is -2.18. The van der Waals surface area contributed by atoms with Gasteiger partial charge in [0.1, 0.15) is 5.82 Å². The molecule has 1 atom stereocenters. The second-order valence-corrected chi connectivity index (χ2v) is 5.60. The van der Waals surface area contributed by atoms with Crippen LogP contribution in [-0.2, 0) is 17.9 Å². The Morgan fingerprint density at radius 2 is 2.09 bits per heavy atom. The van der Waals surface area contributed by atoms with Gasteiger partial charge in [-0.1, -0.05) is 24.3 Å². The Morgan fingerprint density at radius 1 is 1.22 bits per heavy atom. The summed E-state index contributed by atoms with van der Waals surface area (Å²) in [5.74, 6) is 1.37. The average Bonchev–Trinajstić information content (AvgIpc) is 2.61. The van der Waals surface area contributed by atoms with Crippen molar-refractivity contribution >= 4 is 11.8 Å². The van der Waals surface area contributed by atoms with Gasteiger partial charge < -0.3 is 20.5 Å². The second-order valence-electron chi connectivity index (χ2n) is 5.60. The van der Waals surface area contributed by atoms with Crippen molar-refractivity contribution in [2.45, 2.75) is 32.0 Å². The lowest BCUT2D eigenvalue weighted by Gasteiger charge is -2.23. The van der Waals surface area contributed by atoms with Crippen LogP contribution in [0, 0.1) is 0 Å². The van der Waals surface area contributed by atoms with E-state index < -0.39 is 0 Å². The number of hydrogen-bond donors (Lipinski definition) is 3. The van der Waals surface area contributed by atoms with Gasteiger partial charge >= 0.3 is 0 Å². The molecule has 0 bridgehead atoms. The summed E-state index contributed by atoms with van der Waals surface area (Å²) in [4.78, 5) is 8.73. The summed E-state index contributed by atoms with van der Waals surface area (Å²) in [6, 6.07) is 9.95. The van der Waals surface area contributed by atoms with E-state index in [1.165, 1.54) is 0 Å². The lowest BCUT2D eigenvalue weighted by Crippen LogP contribution is -2.30. The lowest BCUT2D eigenvalue weighted by molar-refractivity contribution is 0.0875. The van der Waals surface area contributed by atoms with Crippen molar-refractivity contribution in [2.75, 3.05) is 23.8 Å². The van der Waals surface area contributed by atoms with E-state index in [-0.39, 0.29) is 6.61 Å². The van der Waals surface area contributed by atoms with Crippen molar-refractivity contribution in [2.24, 2.45) is 0 Å². The second kappa shape index (κ2) is 7.89. The van der Waals surface area contributed by atoms with Crippen LogP contribution in [0.1, 0.15) is 24.0 Å². The molecule has 1 fully saturated rings. The molecule has 3 rings (SSSR count). The van der Waals surface area contributed by atoms with Crippen LogP contribution in [0.3, 0.4) is 0 Å². The zero-order valence-electron chi connectivity index (χ0n) is 13.0. The number of benzene rings is 1. The van der Waals surface area contributed by atoms with Gasteiger partial charge in [0, 0.05) is 19.3 Å². The van der Waals surface area contributed by atoms with Crippen molar-refractivity contribution in [3.8, 4) is 0 Å². The molecule has 0 spiro atoms. The van der Waals surface area contributed by atoms with E-state index in [4.69, 9.17) is 4.74 Å². The highest BCUT2D eigenvalue weighted by atomic mass is 16.5. The number of aliphatic hydroxyl groups is 1. The van der Waals surface area contributed by atoms with E-state index in [1.54, 1.807) is 6.20 Å². The summed E-state index contributed by atoms with van der Waals surface area (Å²) < 4.78 is 5.47. The van der Waals surface area contributed by atoms with Gasteiger partial charge in [-0.25, -0.2) is 4.98 Å². The first-order valence-electron chi connectivity index (χ1n) is 7.94. The van der Waals surface area contributed by atoms with E-state index >= 15 is 0 Å². The van der Waals surface area contributed by atoms with E-state index in [0.29, 0.717) is 18.5 Å². The van der Waals surface area contributed by atoms with E-state index in [2.05, 4.69) is 20.6 Å². The van der Waals surface area contributed by atoms with Gasteiger partial charge in [0.2, 0.25) is 5.95 Å². The molecule has 1 aliphatic rings. The minimum atomic E-state index is 0.0297. The molecule has 122 valence electrons. The molecule has 3 N–H and O–H groups in total. The van der Waals surface area contributed by atoms with Gasteiger partial charge in [-0.3, -0.25) is 0 Å². The monoisotopic (exact) mass is 314 g/mol. The summed E-state index contributed by atoms with van der Waals surface area (Å²) >= 11 is 0. The molecular formula is C17H22N4O2. The van der Waals surface area contributed by atoms with Crippen molar-refractivity contribution in [3.63, 3.8) is 0 Å². The van der Waals surface area contributed by atoms with Crippen LogP contribution in [0.4, 0.5) is 11.8 Å². The van der Waals surface area contributed by atoms with Gasteiger partial charge in [0.15, 0.2) is 0 Å². The quantitative estimate of drug-likeness (QED) is 0.758. The first-order valence-corrected chi connectivity index (χ1v) is 7.94. The SMILES string of the molecule is OCc1ccccc1CNc1nccc(N[C@@H]2CCCOC2)n1. The number of nitrogens with zero attached hydrogens (tertiary/aromatic N) is 2. The number of ether oxygens (including phenoxy) is 1. The smallest absolute Gasteiger partial charge is 0.224 e. The number of anilines is 2. The van der Waals surface area contributed by atoms with Gasteiger partial charge in [-0.2, -0.15) is 4.98 Å². The van der Waals surface area contributed by atoms with Gasteiger partial charge in [0.05, 0.1) is 19.3 Å². The van der Waals surface area contributed by atoms with Crippen LogP contribution in [0.15, 0.2) is 36.5 Å². The maximum atomic E-state index is 9.36. The van der Waals surface area contributed by atoms with E-state index in [1.807, 2.05) is 30.3 Å². The van der Waals surface area contributed by atoms with Crippen LogP contribution >= 0.6 is 0 Å². The Bertz CT molecular complexity index is 629. The first kappa shape index (κ1) is 15.7. The summed E-state index contributed by atoms with van der Waals surface area (Å²) in [5, 5.41) is 16.0. The molecule has 1 saturated heterocycles. The van der Waals surface area contributed by atoms with Gasteiger partial charge in [-0.15, -0.1) is 0 Å². The third-order valence-corrected chi connectivity index (χ3v) is 3.89. The third-order valence-electron chi connectivity index (χ3n) is 3.89. The van der Waals surface area contributed by atoms with Gasteiger partial charge in [0.25, 0.3) is 0 Å². The molecule has 2 heterocycles. The molecule has 0 radical (unpaired) electrons. The maximum Gasteiger partial charge on any atom is 0.224 e. The van der Waals surface area contributed by atoms with Crippen molar-refractivity contribution in [1.29, 1.82) is 0 Å². The summed E-state index contributed by atoms with van der Waals surface area (Å²) in [7, 11) is 0. The Kier molecular flexibility index (Phi) is 5.39. The van der Waals surface area contributed by atoms with Crippen LogP contribution in [0.2, 0.25) is 0 Å².